The summed E-state index contributed by atoms with van der Waals surface area (Å²) >= 11 is 0. The molecule has 0 radical (unpaired) electrons. The third kappa shape index (κ3) is 3.09. The minimum Gasteiger partial charge on any atom is -0.379 e. The summed E-state index contributed by atoms with van der Waals surface area (Å²) in [6.07, 6.45) is 2.95. The monoisotopic (exact) mass is 273 g/mol. The Morgan fingerprint density at radius 2 is 2.33 bits per heavy atom. The maximum atomic E-state index is 11.8. The van der Waals surface area contributed by atoms with Gasteiger partial charge in [-0.1, -0.05) is 0 Å². The Bertz CT molecular complexity index is 531. The largest absolute Gasteiger partial charge is 0.379 e. The van der Waals surface area contributed by atoms with Crippen LogP contribution in [-0.4, -0.2) is 38.6 Å². The number of amides is 1. The van der Waals surface area contributed by atoms with Crippen LogP contribution in [0.2, 0.25) is 0 Å². The van der Waals surface area contributed by atoms with Crippen LogP contribution in [0.5, 0.6) is 0 Å². The van der Waals surface area contributed by atoms with Crippen molar-refractivity contribution < 1.29 is 17.9 Å². The minimum atomic E-state index is -3.78. The van der Waals surface area contributed by atoms with Crippen LogP contribution in [0.4, 0.5) is 0 Å². The average Bonchev–Trinajstić information content (AvgIpc) is 2.79. The van der Waals surface area contributed by atoms with E-state index in [0.717, 1.165) is 12.8 Å². The van der Waals surface area contributed by atoms with Gasteiger partial charge in [0.05, 0.1) is 17.5 Å². The Hall–Kier alpha value is -1.38. The molecule has 1 unspecified atom stereocenters. The molecule has 1 aromatic heterocycles. The number of sulfonamides is 1. The van der Waals surface area contributed by atoms with Gasteiger partial charge >= 0.3 is 0 Å². The first-order valence-electron chi connectivity index (χ1n) is 5.56. The zero-order chi connectivity index (χ0) is 13.2. The summed E-state index contributed by atoms with van der Waals surface area (Å²) in [5.74, 6) is -0.361. The van der Waals surface area contributed by atoms with Crippen LogP contribution < -0.4 is 10.5 Å². The predicted molar refractivity (Wildman–Crippen MR) is 63.5 cm³/mol. The van der Waals surface area contributed by atoms with E-state index >= 15 is 0 Å². The van der Waals surface area contributed by atoms with Crippen LogP contribution in [0.25, 0.3) is 0 Å². The predicted octanol–water partition coefficient (Wildman–Crippen LogP) is -0.429. The first-order chi connectivity index (χ1) is 8.47. The van der Waals surface area contributed by atoms with Gasteiger partial charge in [0.15, 0.2) is 0 Å². The zero-order valence-corrected chi connectivity index (χ0v) is 10.5. The summed E-state index contributed by atoms with van der Waals surface area (Å²) in [5.41, 5.74) is 0.171. The molecule has 1 aliphatic heterocycles. The summed E-state index contributed by atoms with van der Waals surface area (Å²) in [7, 11) is -3.78. The van der Waals surface area contributed by atoms with E-state index in [2.05, 4.69) is 10.3 Å². The molecule has 18 heavy (non-hydrogen) atoms. The molecular weight excluding hydrogens is 258 g/mol. The van der Waals surface area contributed by atoms with E-state index in [1.165, 1.54) is 12.3 Å². The molecule has 1 saturated heterocycles. The van der Waals surface area contributed by atoms with E-state index in [1.807, 2.05) is 0 Å². The summed E-state index contributed by atoms with van der Waals surface area (Å²) in [6, 6.07) is 1.18. The third-order valence-electron chi connectivity index (χ3n) is 2.73. The van der Waals surface area contributed by atoms with Gasteiger partial charge in [0, 0.05) is 12.8 Å². The molecule has 7 nitrogen and oxygen atoms in total. The number of ether oxygens (including phenoxy) is 1. The van der Waals surface area contributed by atoms with Gasteiger partial charge in [0.25, 0.3) is 5.91 Å². The fourth-order valence-corrected chi connectivity index (χ4v) is 2.29. The van der Waals surface area contributed by atoms with Crippen LogP contribution in [0.15, 0.2) is 17.2 Å². The van der Waals surface area contributed by atoms with Gasteiger partial charge in [-0.25, -0.2) is 13.6 Å². The normalized spacial score (nSPS) is 20.6. The van der Waals surface area contributed by atoms with E-state index in [1.54, 1.807) is 0 Å². The molecule has 0 bridgehead atoms. The van der Waals surface area contributed by atoms with Gasteiger partial charge in [-0.05, 0) is 18.9 Å². The number of carbonyl (C=O) groups is 1. The smallest absolute Gasteiger partial charge is 0.268 e. The Kier molecular flexibility index (Phi) is 3.69. The molecule has 2 rings (SSSR count). The number of primary sulfonamides is 1. The molecule has 0 aromatic carbocycles. The van der Waals surface area contributed by atoms with Crippen LogP contribution >= 0.6 is 0 Å². The molecule has 0 aliphatic carbocycles. The molecule has 2 heterocycles. The number of carbonyl (C=O) groups excluding carboxylic acids is 1. The SMILES string of the molecule is NS(=O)(=O)c1c[nH]c(C(=O)NC2CCCOC2)c1. The molecule has 4 N–H and O–H groups in total. The van der Waals surface area contributed by atoms with E-state index in [-0.39, 0.29) is 22.5 Å². The highest BCUT2D eigenvalue weighted by atomic mass is 32.2. The number of aromatic nitrogens is 1. The summed E-state index contributed by atoms with van der Waals surface area (Å²) in [5, 5.41) is 7.72. The average molecular weight is 273 g/mol. The Balaban J connectivity index is 2.02. The lowest BCUT2D eigenvalue weighted by Crippen LogP contribution is -2.40. The Labute approximate surface area is 105 Å². The zero-order valence-electron chi connectivity index (χ0n) is 9.68. The molecular formula is C10H15N3O4S. The lowest BCUT2D eigenvalue weighted by Gasteiger charge is -2.22. The number of nitrogens with two attached hydrogens (primary N) is 1. The van der Waals surface area contributed by atoms with E-state index < -0.39 is 10.0 Å². The maximum Gasteiger partial charge on any atom is 0.268 e. The highest BCUT2D eigenvalue weighted by molar-refractivity contribution is 7.89. The van der Waals surface area contributed by atoms with Crippen molar-refractivity contribution in [2.24, 2.45) is 5.14 Å². The lowest BCUT2D eigenvalue weighted by molar-refractivity contribution is 0.0622. The lowest BCUT2D eigenvalue weighted by atomic mass is 10.1. The number of nitrogens with one attached hydrogen (secondary N) is 2. The van der Waals surface area contributed by atoms with Crippen molar-refractivity contribution in [2.45, 2.75) is 23.8 Å². The van der Waals surface area contributed by atoms with E-state index in [9.17, 15) is 13.2 Å². The summed E-state index contributed by atoms with van der Waals surface area (Å²) in [4.78, 5) is 14.3. The van der Waals surface area contributed by atoms with Crippen molar-refractivity contribution in [3.8, 4) is 0 Å². The fraction of sp³-hybridized carbons (Fsp3) is 0.500. The van der Waals surface area contributed by atoms with Gasteiger partial charge in [-0.3, -0.25) is 4.79 Å². The van der Waals surface area contributed by atoms with Crippen LogP contribution in [0, 0.1) is 0 Å². The molecule has 1 amide bonds. The van der Waals surface area contributed by atoms with E-state index in [0.29, 0.717) is 13.2 Å². The first kappa shape index (κ1) is 13.1. The minimum absolute atomic E-state index is 0.0347. The number of aromatic amines is 1. The van der Waals surface area contributed by atoms with Crippen molar-refractivity contribution >= 4 is 15.9 Å². The fourth-order valence-electron chi connectivity index (χ4n) is 1.79. The van der Waals surface area contributed by atoms with Crippen molar-refractivity contribution in [3.05, 3.63) is 18.0 Å². The number of rotatable bonds is 3. The highest BCUT2D eigenvalue weighted by Gasteiger charge is 2.19. The molecule has 100 valence electrons. The van der Waals surface area contributed by atoms with Gasteiger partial charge < -0.3 is 15.0 Å². The van der Waals surface area contributed by atoms with E-state index in [4.69, 9.17) is 9.88 Å². The van der Waals surface area contributed by atoms with Crippen LogP contribution in [-0.2, 0) is 14.8 Å². The number of hydrogen-bond acceptors (Lipinski definition) is 4. The second-order valence-electron chi connectivity index (χ2n) is 4.18. The number of H-pyrrole nitrogens is 1. The van der Waals surface area contributed by atoms with Crippen molar-refractivity contribution in [2.75, 3.05) is 13.2 Å². The quantitative estimate of drug-likeness (QED) is 0.693. The van der Waals surface area contributed by atoms with Gasteiger partial charge in [0.2, 0.25) is 10.0 Å². The topological polar surface area (TPSA) is 114 Å². The molecule has 1 aliphatic rings. The van der Waals surface area contributed by atoms with Gasteiger partial charge in [-0.15, -0.1) is 0 Å². The molecule has 1 aromatic rings. The number of hydrogen-bond donors (Lipinski definition) is 3. The van der Waals surface area contributed by atoms with Crippen LogP contribution in [0.1, 0.15) is 23.3 Å². The second-order valence-corrected chi connectivity index (χ2v) is 5.74. The third-order valence-corrected chi connectivity index (χ3v) is 3.62. The van der Waals surface area contributed by atoms with Crippen molar-refractivity contribution in [3.63, 3.8) is 0 Å². The summed E-state index contributed by atoms with van der Waals surface area (Å²) < 4.78 is 27.4. The Morgan fingerprint density at radius 1 is 1.56 bits per heavy atom. The molecule has 8 heteroatoms. The van der Waals surface area contributed by atoms with Gasteiger partial charge in [-0.2, -0.15) is 0 Å². The van der Waals surface area contributed by atoms with Crippen molar-refractivity contribution in [1.29, 1.82) is 0 Å². The molecule has 0 saturated carbocycles. The molecule has 0 spiro atoms. The summed E-state index contributed by atoms with van der Waals surface area (Å²) in [6.45, 7) is 1.19. The van der Waals surface area contributed by atoms with Crippen molar-refractivity contribution in [1.82, 2.24) is 10.3 Å². The van der Waals surface area contributed by atoms with Gasteiger partial charge in [0.1, 0.15) is 5.69 Å². The molecule has 1 atom stereocenters. The second kappa shape index (κ2) is 5.09. The first-order valence-corrected chi connectivity index (χ1v) is 7.11. The molecule has 1 fully saturated rings. The highest BCUT2D eigenvalue weighted by Crippen LogP contribution is 2.10. The standard InChI is InChI=1S/C10H15N3O4S/c11-18(15,16)8-4-9(12-5-8)10(14)13-7-2-1-3-17-6-7/h4-5,7,12H,1-3,6H2,(H,13,14)(H2,11,15,16). The van der Waals surface area contributed by atoms with Crippen LogP contribution in [0.3, 0.4) is 0 Å². The maximum absolute atomic E-state index is 11.8. The Morgan fingerprint density at radius 3 is 2.89 bits per heavy atom.